The first-order valence-corrected chi connectivity index (χ1v) is 7.27. The Morgan fingerprint density at radius 3 is 2.43 bits per heavy atom. The molecule has 116 valence electrons. The third kappa shape index (κ3) is 3.30. The van der Waals surface area contributed by atoms with Crippen LogP contribution in [0.1, 0.15) is 53.5 Å². The fraction of sp³-hybridized carbons (Fsp3) is 0.600. The van der Waals surface area contributed by atoms with Crippen molar-refractivity contribution < 1.29 is 9.59 Å². The predicted molar refractivity (Wildman–Crippen MR) is 83.1 cm³/mol. The van der Waals surface area contributed by atoms with Crippen LogP contribution in [0, 0.1) is 0 Å². The first kappa shape index (κ1) is 16.0. The van der Waals surface area contributed by atoms with E-state index >= 15 is 0 Å². The van der Waals surface area contributed by atoms with E-state index in [2.05, 4.69) is 10.6 Å². The van der Waals surface area contributed by atoms with Crippen molar-refractivity contribution >= 4 is 24.1 Å². The van der Waals surface area contributed by atoms with Gasteiger partial charge in [0.05, 0.1) is 0 Å². The van der Waals surface area contributed by atoms with Crippen LogP contribution in [0.2, 0.25) is 0 Å². The summed E-state index contributed by atoms with van der Waals surface area (Å²) in [4.78, 5) is 23.7. The zero-order valence-corrected chi connectivity index (χ0v) is 13.2. The van der Waals surface area contributed by atoms with Crippen molar-refractivity contribution in [2.45, 2.75) is 50.7 Å². The molecule has 2 saturated heterocycles. The molecule has 0 saturated carbocycles. The van der Waals surface area contributed by atoms with Crippen LogP contribution in [0.3, 0.4) is 0 Å². The highest BCUT2D eigenvalue weighted by atomic mass is 35.5. The minimum atomic E-state index is -0.0775. The summed E-state index contributed by atoms with van der Waals surface area (Å²) in [5.74, 6) is -0.0918. The fourth-order valence-corrected chi connectivity index (χ4v) is 3.42. The van der Waals surface area contributed by atoms with Crippen LogP contribution in [-0.2, 0) is 7.05 Å². The second-order valence-corrected chi connectivity index (χ2v) is 6.06. The van der Waals surface area contributed by atoms with Crippen LogP contribution in [0.15, 0.2) is 12.3 Å². The number of amides is 1. The highest BCUT2D eigenvalue weighted by molar-refractivity contribution is 5.99. The van der Waals surface area contributed by atoms with E-state index < -0.39 is 0 Å². The number of aryl methyl sites for hydroxylation is 1. The number of piperidine rings is 1. The van der Waals surface area contributed by atoms with Gasteiger partial charge in [0.1, 0.15) is 5.69 Å². The van der Waals surface area contributed by atoms with Crippen LogP contribution in [0.25, 0.3) is 0 Å². The number of aromatic nitrogens is 1. The fourth-order valence-electron chi connectivity index (χ4n) is 3.42. The molecule has 3 heterocycles. The highest BCUT2D eigenvalue weighted by Crippen LogP contribution is 2.27. The van der Waals surface area contributed by atoms with Crippen molar-refractivity contribution in [2.24, 2.45) is 7.05 Å². The van der Waals surface area contributed by atoms with E-state index in [-0.39, 0.29) is 30.1 Å². The molecule has 5 nitrogen and oxygen atoms in total. The zero-order valence-electron chi connectivity index (χ0n) is 12.4. The maximum Gasteiger partial charge on any atom is 0.268 e. The number of fused-ring (bicyclic) bond motifs is 2. The largest absolute Gasteiger partial charge is 0.348 e. The van der Waals surface area contributed by atoms with E-state index in [1.54, 1.807) is 23.9 Å². The van der Waals surface area contributed by atoms with E-state index in [4.69, 9.17) is 0 Å². The number of ketones is 1. The molecule has 3 rings (SSSR count). The van der Waals surface area contributed by atoms with E-state index in [9.17, 15) is 9.59 Å². The van der Waals surface area contributed by atoms with Gasteiger partial charge < -0.3 is 15.2 Å². The minimum Gasteiger partial charge on any atom is -0.348 e. The lowest BCUT2D eigenvalue weighted by atomic mass is 10.00. The molecular weight excluding hydrogens is 290 g/mol. The Morgan fingerprint density at radius 2 is 1.90 bits per heavy atom. The third-order valence-electron chi connectivity index (χ3n) is 4.45. The zero-order chi connectivity index (χ0) is 14.3. The molecule has 2 aliphatic heterocycles. The van der Waals surface area contributed by atoms with Gasteiger partial charge in [-0.15, -0.1) is 12.4 Å². The van der Waals surface area contributed by atoms with Crippen molar-refractivity contribution in [1.82, 2.24) is 15.2 Å². The van der Waals surface area contributed by atoms with Gasteiger partial charge in [-0.05, 0) is 38.7 Å². The highest BCUT2D eigenvalue weighted by Gasteiger charge is 2.34. The monoisotopic (exact) mass is 311 g/mol. The van der Waals surface area contributed by atoms with Gasteiger partial charge in [0.15, 0.2) is 5.78 Å². The first-order valence-electron chi connectivity index (χ1n) is 7.27. The first-order chi connectivity index (χ1) is 9.52. The summed E-state index contributed by atoms with van der Waals surface area (Å²) in [5.41, 5.74) is 1.14. The molecule has 1 aromatic heterocycles. The number of carbonyl (C=O) groups is 2. The van der Waals surface area contributed by atoms with Gasteiger partial charge in [-0.3, -0.25) is 9.59 Å². The summed E-state index contributed by atoms with van der Waals surface area (Å²) in [6.45, 7) is 1.52. The van der Waals surface area contributed by atoms with E-state index in [1.807, 2.05) is 0 Å². The quantitative estimate of drug-likeness (QED) is 0.835. The summed E-state index contributed by atoms with van der Waals surface area (Å²) in [6, 6.07) is 3.03. The maximum absolute atomic E-state index is 12.3. The van der Waals surface area contributed by atoms with Crippen molar-refractivity contribution in [3.63, 3.8) is 0 Å². The molecule has 2 N–H and O–H groups in total. The lowest BCUT2D eigenvalue weighted by Crippen LogP contribution is -2.48. The Bertz CT molecular complexity index is 543. The van der Waals surface area contributed by atoms with Gasteiger partial charge in [0.2, 0.25) is 0 Å². The third-order valence-corrected chi connectivity index (χ3v) is 4.45. The number of nitrogens with one attached hydrogen (secondary N) is 2. The molecule has 1 amide bonds. The van der Waals surface area contributed by atoms with E-state index in [0.29, 0.717) is 23.3 Å². The van der Waals surface area contributed by atoms with Gasteiger partial charge in [0.25, 0.3) is 5.91 Å². The van der Waals surface area contributed by atoms with Crippen LogP contribution >= 0.6 is 12.4 Å². The molecule has 2 unspecified atom stereocenters. The number of halogens is 1. The number of carbonyl (C=O) groups excluding carboxylic acids is 2. The molecule has 0 aliphatic carbocycles. The van der Waals surface area contributed by atoms with Crippen LogP contribution in [0.4, 0.5) is 0 Å². The number of nitrogens with zero attached hydrogens (tertiary/aromatic N) is 1. The average Bonchev–Trinajstić information content (AvgIpc) is 2.93. The molecule has 21 heavy (non-hydrogen) atoms. The molecule has 0 spiro atoms. The van der Waals surface area contributed by atoms with Gasteiger partial charge in [-0.25, -0.2) is 0 Å². The number of hydrogen-bond donors (Lipinski definition) is 2. The summed E-state index contributed by atoms with van der Waals surface area (Å²) in [6.07, 6.45) is 6.16. The number of hydrogen-bond acceptors (Lipinski definition) is 3. The van der Waals surface area contributed by atoms with E-state index in [0.717, 1.165) is 12.8 Å². The lowest BCUT2D eigenvalue weighted by Gasteiger charge is -2.29. The molecule has 2 atom stereocenters. The normalized spacial score (nSPS) is 27.0. The van der Waals surface area contributed by atoms with Crippen LogP contribution < -0.4 is 10.6 Å². The van der Waals surface area contributed by atoms with Crippen LogP contribution in [-0.4, -0.2) is 34.4 Å². The topological polar surface area (TPSA) is 63.1 Å². The molecule has 2 fully saturated rings. The molecule has 2 bridgehead atoms. The summed E-state index contributed by atoms with van der Waals surface area (Å²) < 4.78 is 1.72. The van der Waals surface area contributed by atoms with Crippen molar-refractivity contribution in [2.75, 3.05) is 0 Å². The SMILES string of the molecule is CC(=O)c1cc(C(=O)NC2CC3CCC(C2)N3)n(C)c1.Cl. The Hall–Kier alpha value is -1.33. The van der Waals surface area contributed by atoms with Crippen molar-refractivity contribution in [1.29, 1.82) is 0 Å². The predicted octanol–water partition coefficient (Wildman–Crippen LogP) is 1.66. The Labute approximate surface area is 130 Å². The Morgan fingerprint density at radius 1 is 1.29 bits per heavy atom. The Kier molecular flexibility index (Phi) is 4.74. The van der Waals surface area contributed by atoms with Crippen molar-refractivity contribution in [3.8, 4) is 0 Å². The second-order valence-electron chi connectivity index (χ2n) is 6.06. The van der Waals surface area contributed by atoms with Gasteiger partial charge in [-0.1, -0.05) is 0 Å². The van der Waals surface area contributed by atoms with Gasteiger partial charge in [-0.2, -0.15) is 0 Å². The summed E-state index contributed by atoms with van der Waals surface area (Å²) in [7, 11) is 1.80. The average molecular weight is 312 g/mol. The smallest absolute Gasteiger partial charge is 0.268 e. The lowest BCUT2D eigenvalue weighted by molar-refractivity contribution is 0.0915. The van der Waals surface area contributed by atoms with E-state index in [1.165, 1.54) is 19.8 Å². The molecular formula is C15H22ClN3O2. The number of Topliss-reactive ketones (excluding diaryl/α,β-unsaturated/α-hetero) is 1. The van der Waals surface area contributed by atoms with Gasteiger partial charge in [0, 0.05) is 36.9 Å². The number of rotatable bonds is 3. The maximum atomic E-state index is 12.3. The second kappa shape index (κ2) is 6.20. The van der Waals surface area contributed by atoms with Gasteiger partial charge >= 0.3 is 0 Å². The standard InChI is InChI=1S/C15H21N3O2.ClH/c1-9(19)10-5-14(18(2)8-10)15(20)17-13-6-11-3-4-12(7-13)16-11;/h5,8,11-13,16H,3-4,6-7H2,1-2H3,(H,17,20);1H. The summed E-state index contributed by atoms with van der Waals surface area (Å²) >= 11 is 0. The minimum absolute atomic E-state index is 0. The molecule has 6 heteroatoms. The van der Waals surface area contributed by atoms with Crippen LogP contribution in [0.5, 0.6) is 0 Å². The Balaban J connectivity index is 0.00000161. The molecule has 0 aromatic carbocycles. The summed E-state index contributed by atoms with van der Waals surface area (Å²) in [5, 5.41) is 6.68. The van der Waals surface area contributed by atoms with Crippen molar-refractivity contribution in [3.05, 3.63) is 23.5 Å². The molecule has 1 aromatic rings. The molecule has 2 aliphatic rings. The molecule has 0 radical (unpaired) electrons.